The highest BCUT2D eigenvalue weighted by Gasteiger charge is 2.51. The van der Waals surface area contributed by atoms with Gasteiger partial charge < -0.3 is 14.1 Å². The van der Waals surface area contributed by atoms with Gasteiger partial charge in [-0.15, -0.1) is 0 Å². The molecule has 62 heavy (non-hydrogen) atoms. The molecule has 10 aromatic carbocycles. The molecule has 0 bridgehead atoms. The first kappa shape index (κ1) is 34.7. The smallest absolute Gasteiger partial charge is 0.140 e. The SMILES string of the molecule is c1ccc(-c2ccc(N(c3ccc(-c4cccc5c4Oc4ccccc4C54c5ccccc5-c5c4ccc4ccccc54)cc3)c3ccc4c(c3)oc3ccccc34)cc2)cc1. The fourth-order valence-electron chi connectivity index (χ4n) is 10.4. The zero-order chi connectivity index (χ0) is 40.8. The van der Waals surface area contributed by atoms with Gasteiger partial charge in [0.25, 0.3) is 0 Å². The molecular weight excluding hydrogens is 755 g/mol. The van der Waals surface area contributed by atoms with Crippen molar-refractivity contribution >= 4 is 49.8 Å². The molecule has 0 N–H and O–H groups in total. The zero-order valence-electron chi connectivity index (χ0n) is 33.6. The lowest BCUT2D eigenvalue weighted by molar-refractivity contribution is 0.438. The summed E-state index contributed by atoms with van der Waals surface area (Å²) in [4.78, 5) is 2.31. The number of hydrogen-bond donors (Lipinski definition) is 0. The second-order valence-electron chi connectivity index (χ2n) is 16.4. The Labute approximate surface area is 359 Å². The quantitative estimate of drug-likeness (QED) is 0.174. The number of ether oxygens (including phenoxy) is 1. The number of furan rings is 1. The van der Waals surface area contributed by atoms with E-state index in [2.05, 4.69) is 217 Å². The van der Waals surface area contributed by atoms with Crippen molar-refractivity contribution in [2.75, 3.05) is 4.90 Å². The average Bonchev–Trinajstić information content (AvgIpc) is 3.86. The van der Waals surface area contributed by atoms with Crippen LogP contribution in [0.1, 0.15) is 22.3 Å². The van der Waals surface area contributed by atoms with Crippen LogP contribution in [-0.2, 0) is 5.41 Å². The summed E-state index contributed by atoms with van der Waals surface area (Å²) in [6.07, 6.45) is 0. The van der Waals surface area contributed by atoms with Crippen LogP contribution in [-0.4, -0.2) is 0 Å². The maximum Gasteiger partial charge on any atom is 0.140 e. The molecule has 290 valence electrons. The summed E-state index contributed by atoms with van der Waals surface area (Å²) in [5.74, 6) is 1.77. The van der Waals surface area contributed by atoms with Gasteiger partial charge in [-0.2, -0.15) is 0 Å². The van der Waals surface area contributed by atoms with Gasteiger partial charge in [0.1, 0.15) is 22.7 Å². The molecule has 2 aliphatic rings. The first-order valence-electron chi connectivity index (χ1n) is 21.2. The van der Waals surface area contributed by atoms with Crippen LogP contribution in [0.25, 0.3) is 66.1 Å². The summed E-state index contributed by atoms with van der Waals surface area (Å²) in [5, 5.41) is 4.73. The van der Waals surface area contributed by atoms with Gasteiger partial charge in [0.05, 0.1) is 5.41 Å². The summed E-state index contributed by atoms with van der Waals surface area (Å²) in [7, 11) is 0. The minimum Gasteiger partial charge on any atom is -0.456 e. The molecule has 0 radical (unpaired) electrons. The van der Waals surface area contributed by atoms with E-state index < -0.39 is 5.41 Å². The summed E-state index contributed by atoms with van der Waals surface area (Å²) in [5.41, 5.74) is 16.2. The molecule has 0 saturated heterocycles. The van der Waals surface area contributed by atoms with E-state index >= 15 is 0 Å². The molecule has 1 aromatic heterocycles. The third-order valence-corrected chi connectivity index (χ3v) is 13.1. The molecule has 2 heterocycles. The number of rotatable bonds is 5. The first-order chi connectivity index (χ1) is 30.7. The first-order valence-corrected chi connectivity index (χ1v) is 21.2. The molecule has 1 aliphatic heterocycles. The lowest BCUT2D eigenvalue weighted by Crippen LogP contribution is -2.32. The molecule has 0 amide bonds. The van der Waals surface area contributed by atoms with E-state index in [1.807, 2.05) is 12.1 Å². The van der Waals surface area contributed by atoms with E-state index in [0.717, 1.165) is 72.8 Å². The predicted octanol–water partition coefficient (Wildman–Crippen LogP) is 16.0. The van der Waals surface area contributed by atoms with E-state index in [1.165, 1.54) is 44.2 Å². The van der Waals surface area contributed by atoms with Gasteiger partial charge in [-0.3, -0.25) is 0 Å². The number of anilines is 3. The maximum absolute atomic E-state index is 7.08. The Kier molecular flexibility index (Phi) is 7.52. The van der Waals surface area contributed by atoms with Crippen LogP contribution in [0.2, 0.25) is 0 Å². The van der Waals surface area contributed by atoms with Gasteiger partial charge in [-0.25, -0.2) is 0 Å². The van der Waals surface area contributed by atoms with Crippen LogP contribution in [0.15, 0.2) is 229 Å². The van der Waals surface area contributed by atoms with E-state index in [1.54, 1.807) is 0 Å². The maximum atomic E-state index is 7.08. The van der Waals surface area contributed by atoms with Gasteiger partial charge >= 0.3 is 0 Å². The highest BCUT2D eigenvalue weighted by Crippen LogP contribution is 2.64. The van der Waals surface area contributed by atoms with Crippen molar-refractivity contribution in [2.45, 2.75) is 5.41 Å². The molecule has 11 aromatic rings. The molecule has 13 rings (SSSR count). The minimum absolute atomic E-state index is 0.561. The summed E-state index contributed by atoms with van der Waals surface area (Å²) >= 11 is 0. The Hall–Kier alpha value is -8.14. The molecule has 1 aliphatic carbocycles. The molecular formula is C59H37NO2. The normalized spacial score (nSPS) is 14.6. The molecule has 1 unspecified atom stereocenters. The van der Waals surface area contributed by atoms with Crippen molar-refractivity contribution in [1.29, 1.82) is 0 Å². The third kappa shape index (κ3) is 5.00. The third-order valence-electron chi connectivity index (χ3n) is 13.1. The topological polar surface area (TPSA) is 25.6 Å². The largest absolute Gasteiger partial charge is 0.456 e. The van der Waals surface area contributed by atoms with E-state index in [9.17, 15) is 0 Å². The Morgan fingerprint density at radius 3 is 1.81 bits per heavy atom. The van der Waals surface area contributed by atoms with Crippen LogP contribution in [0.3, 0.4) is 0 Å². The Morgan fingerprint density at radius 2 is 0.968 bits per heavy atom. The van der Waals surface area contributed by atoms with E-state index in [4.69, 9.17) is 9.15 Å². The van der Waals surface area contributed by atoms with E-state index in [-0.39, 0.29) is 0 Å². The van der Waals surface area contributed by atoms with Gasteiger partial charge in [0, 0.05) is 50.6 Å². The van der Waals surface area contributed by atoms with Crippen molar-refractivity contribution in [3.05, 3.63) is 247 Å². The zero-order valence-corrected chi connectivity index (χ0v) is 33.6. The monoisotopic (exact) mass is 791 g/mol. The molecule has 3 heteroatoms. The standard InChI is InChI=1S/C59H37NO2/c1-2-13-38(14-3-1)39-25-30-42(31-26-39)60(44-34-35-48-47-17-7-10-23-54(47)61-56(48)37-44)43-32-27-41(28-33-43)46-19-12-22-53-58(46)62-55-24-11-9-21-51(55)59(53)50-20-8-6-18-49(50)57-45-16-5-4-15-40(45)29-36-52(57)59/h1-37H. The van der Waals surface area contributed by atoms with Gasteiger partial charge in [0.2, 0.25) is 0 Å². The number of hydrogen-bond acceptors (Lipinski definition) is 3. The average molecular weight is 792 g/mol. The van der Waals surface area contributed by atoms with E-state index in [0.29, 0.717) is 0 Å². The lowest BCUT2D eigenvalue weighted by atomic mass is 9.65. The van der Waals surface area contributed by atoms with Crippen molar-refractivity contribution < 1.29 is 9.15 Å². The van der Waals surface area contributed by atoms with Gasteiger partial charge in [0.15, 0.2) is 0 Å². The van der Waals surface area contributed by atoms with Gasteiger partial charge in [-0.1, -0.05) is 170 Å². The van der Waals surface area contributed by atoms with Gasteiger partial charge in [-0.05, 0) is 98.2 Å². The fourth-order valence-corrected chi connectivity index (χ4v) is 10.4. The van der Waals surface area contributed by atoms with Crippen LogP contribution in [0, 0.1) is 0 Å². The van der Waals surface area contributed by atoms with Crippen molar-refractivity contribution in [3.8, 4) is 44.9 Å². The van der Waals surface area contributed by atoms with Crippen LogP contribution in [0.5, 0.6) is 11.5 Å². The molecule has 0 saturated carbocycles. The summed E-state index contributed by atoms with van der Waals surface area (Å²) < 4.78 is 13.5. The van der Waals surface area contributed by atoms with Crippen LogP contribution < -0.4 is 9.64 Å². The van der Waals surface area contributed by atoms with Crippen molar-refractivity contribution in [3.63, 3.8) is 0 Å². The Morgan fingerprint density at radius 1 is 0.355 bits per heavy atom. The molecule has 1 atom stereocenters. The number of fused-ring (bicyclic) bond motifs is 14. The Balaban J connectivity index is 0.967. The fraction of sp³-hybridized carbons (Fsp3) is 0.0169. The lowest BCUT2D eigenvalue weighted by Gasteiger charge is -2.40. The highest BCUT2D eigenvalue weighted by molar-refractivity contribution is 6.07. The minimum atomic E-state index is -0.561. The van der Waals surface area contributed by atoms with Crippen LogP contribution >= 0.6 is 0 Å². The highest BCUT2D eigenvalue weighted by atomic mass is 16.5. The molecule has 3 nitrogen and oxygen atoms in total. The number of benzene rings is 10. The number of nitrogens with zero attached hydrogens (tertiary/aromatic N) is 1. The molecule has 0 fully saturated rings. The summed E-state index contributed by atoms with van der Waals surface area (Å²) in [6.45, 7) is 0. The second-order valence-corrected chi connectivity index (χ2v) is 16.4. The van der Waals surface area contributed by atoms with Crippen LogP contribution in [0.4, 0.5) is 17.1 Å². The number of para-hydroxylation sites is 3. The van der Waals surface area contributed by atoms with Crippen molar-refractivity contribution in [2.24, 2.45) is 0 Å². The second kappa shape index (κ2) is 13.4. The summed E-state index contributed by atoms with van der Waals surface area (Å²) in [6, 6.07) is 80.7. The molecule has 1 spiro atoms. The van der Waals surface area contributed by atoms with Crippen molar-refractivity contribution in [1.82, 2.24) is 0 Å². The Bertz CT molecular complexity index is 3550. The predicted molar refractivity (Wildman–Crippen MR) is 254 cm³/mol.